The molecule has 0 saturated heterocycles. The van der Waals surface area contributed by atoms with E-state index in [1.807, 2.05) is 33.3 Å². The van der Waals surface area contributed by atoms with Gasteiger partial charge in [0.1, 0.15) is 19.3 Å². The van der Waals surface area contributed by atoms with Gasteiger partial charge in [-0.15, -0.1) is 0 Å². The summed E-state index contributed by atoms with van der Waals surface area (Å²) in [4.78, 5) is 40.2. The molecule has 84 heavy (non-hydrogen) atoms. The lowest BCUT2D eigenvalue weighted by Crippen LogP contribution is -2.47. The average molecular weight is 1190 g/mol. The number of phosphoric ester groups is 1. The van der Waals surface area contributed by atoms with Gasteiger partial charge in [-0.05, 0) is 109 Å². The van der Waals surface area contributed by atoms with E-state index in [0.29, 0.717) is 17.4 Å². The first-order valence-corrected chi connectivity index (χ1v) is 36.5. The zero-order chi connectivity index (χ0) is 61.4. The highest BCUT2D eigenvalue weighted by Crippen LogP contribution is 2.38. The lowest BCUT2D eigenvalue weighted by molar-refractivity contribution is -0.870. The van der Waals surface area contributed by atoms with Gasteiger partial charge in [0, 0.05) is 12.8 Å². The number of esters is 1. The maximum atomic E-state index is 13.6. The highest BCUT2D eigenvalue weighted by Gasteiger charge is 2.27. The molecule has 0 radical (unpaired) electrons. The molecule has 10 heteroatoms. The predicted octanol–water partition coefficient (Wildman–Crippen LogP) is 21.7. The molecule has 1 amide bonds. The van der Waals surface area contributed by atoms with Crippen LogP contribution in [0.25, 0.3) is 0 Å². The quantitative estimate of drug-likeness (QED) is 0.0212. The molecule has 486 valence electrons. The first kappa shape index (κ1) is 80.9. The number of nitrogens with zero attached hydrogens (tertiary/aromatic N) is 1. The second-order valence-electron chi connectivity index (χ2n) is 24.6. The minimum Gasteiger partial charge on any atom is -0.756 e. The van der Waals surface area contributed by atoms with Gasteiger partial charge in [0.25, 0.3) is 7.82 Å². The van der Waals surface area contributed by atoms with Crippen LogP contribution in [0.5, 0.6) is 0 Å². The Balaban J connectivity index is 5.12. The van der Waals surface area contributed by atoms with E-state index >= 15 is 0 Å². The van der Waals surface area contributed by atoms with Crippen LogP contribution in [-0.4, -0.2) is 69.4 Å². The number of phosphoric acid groups is 1. The number of ether oxygens (including phenoxy) is 1. The van der Waals surface area contributed by atoms with Crippen LogP contribution in [0.15, 0.2) is 97.2 Å². The van der Waals surface area contributed by atoms with Crippen molar-refractivity contribution < 1.29 is 37.3 Å². The minimum atomic E-state index is -4.71. The third-order valence-electron chi connectivity index (χ3n) is 15.2. The molecule has 0 aromatic heterocycles. The maximum absolute atomic E-state index is 13.6. The molecule has 0 spiro atoms. The van der Waals surface area contributed by atoms with Gasteiger partial charge < -0.3 is 28.5 Å². The van der Waals surface area contributed by atoms with E-state index in [0.717, 1.165) is 109 Å². The van der Waals surface area contributed by atoms with Crippen LogP contribution in [-0.2, 0) is 27.9 Å². The lowest BCUT2D eigenvalue weighted by atomic mass is 10.0. The van der Waals surface area contributed by atoms with Crippen molar-refractivity contribution in [1.82, 2.24) is 5.32 Å². The standard InChI is InChI=1S/C74H133N2O7P/c1-7-10-13-16-19-22-25-28-30-32-34-36-38-40-42-44-46-48-51-54-57-60-63-66-73(77)75-71(70-82-84(79,80)81-69-68-76(4,5)6)72(65-62-59-56-53-50-27-24-21-18-15-12-9-3)83-74(78)67-64-61-58-55-52-49-47-45-43-41-39-37-35-33-31-29-26-23-20-17-14-11-8-2/h10,13,19-20,22-23,28-31,34,36,40,42,62,65,71-72H,7-9,11-12,14-18,21,24-27,32-33,35,37-39,41,43-61,63-64,66-70H2,1-6H3,(H-,75,77,79,80)/b13-10-,22-19-,23-20-,30-28-,31-29-,36-34-,42-40-,65-62+. The van der Waals surface area contributed by atoms with Gasteiger partial charge in [-0.2, -0.15) is 0 Å². The third-order valence-corrected chi connectivity index (χ3v) is 16.2. The molecule has 0 aliphatic rings. The smallest absolute Gasteiger partial charge is 0.306 e. The number of unbranched alkanes of at least 4 members (excludes halogenated alkanes) is 33. The number of carbonyl (C=O) groups excluding carboxylic acids is 2. The maximum Gasteiger partial charge on any atom is 0.306 e. The summed E-state index contributed by atoms with van der Waals surface area (Å²) in [6, 6.07) is -0.900. The Kier molecular flexibility index (Phi) is 60.7. The monoisotopic (exact) mass is 1190 g/mol. The van der Waals surface area contributed by atoms with Crippen molar-refractivity contribution in [3.63, 3.8) is 0 Å². The molecule has 0 aromatic carbocycles. The molecule has 3 unspecified atom stereocenters. The molecule has 1 N–H and O–H groups in total. The minimum absolute atomic E-state index is 0.0282. The van der Waals surface area contributed by atoms with E-state index in [1.54, 1.807) is 0 Å². The summed E-state index contributed by atoms with van der Waals surface area (Å²) < 4.78 is 30.4. The van der Waals surface area contributed by atoms with Gasteiger partial charge in [-0.25, -0.2) is 0 Å². The van der Waals surface area contributed by atoms with Crippen molar-refractivity contribution in [3.8, 4) is 0 Å². The number of allylic oxidation sites excluding steroid dienone is 15. The predicted molar refractivity (Wildman–Crippen MR) is 362 cm³/mol. The molecule has 0 rings (SSSR count). The second-order valence-corrected chi connectivity index (χ2v) is 26.1. The first-order valence-electron chi connectivity index (χ1n) is 35.0. The van der Waals surface area contributed by atoms with Crippen molar-refractivity contribution >= 4 is 19.7 Å². The summed E-state index contributed by atoms with van der Waals surface area (Å²) in [7, 11) is 1.17. The molecule has 0 bridgehead atoms. The van der Waals surface area contributed by atoms with Crippen molar-refractivity contribution in [2.45, 2.75) is 322 Å². The third kappa shape index (κ3) is 63.4. The number of nitrogens with one attached hydrogen (secondary N) is 1. The summed E-state index contributed by atoms with van der Waals surface area (Å²) in [5.74, 6) is -0.551. The van der Waals surface area contributed by atoms with Crippen LogP contribution in [0, 0.1) is 0 Å². The summed E-state index contributed by atoms with van der Waals surface area (Å²) in [6.07, 6.45) is 85.2. The Bertz CT molecular complexity index is 1760. The zero-order valence-corrected chi connectivity index (χ0v) is 56.5. The Morgan fingerprint density at radius 1 is 0.429 bits per heavy atom. The van der Waals surface area contributed by atoms with E-state index < -0.39 is 26.6 Å². The van der Waals surface area contributed by atoms with Crippen LogP contribution in [0.2, 0.25) is 0 Å². The second kappa shape index (κ2) is 63.0. The number of amides is 1. The molecule has 0 aliphatic carbocycles. The van der Waals surface area contributed by atoms with Gasteiger partial charge >= 0.3 is 5.97 Å². The van der Waals surface area contributed by atoms with Gasteiger partial charge in [0.05, 0.1) is 33.8 Å². The largest absolute Gasteiger partial charge is 0.756 e. The number of hydrogen-bond acceptors (Lipinski definition) is 7. The van der Waals surface area contributed by atoms with Gasteiger partial charge in [0.15, 0.2) is 0 Å². The van der Waals surface area contributed by atoms with Crippen LogP contribution in [0.3, 0.4) is 0 Å². The van der Waals surface area contributed by atoms with E-state index in [4.69, 9.17) is 13.8 Å². The van der Waals surface area contributed by atoms with Gasteiger partial charge in [-0.3, -0.25) is 14.2 Å². The van der Waals surface area contributed by atoms with Crippen molar-refractivity contribution in [3.05, 3.63) is 97.2 Å². The number of carbonyl (C=O) groups is 2. The van der Waals surface area contributed by atoms with Crippen LogP contribution < -0.4 is 10.2 Å². The van der Waals surface area contributed by atoms with Crippen LogP contribution in [0.1, 0.15) is 310 Å². The molecule has 0 saturated carbocycles. The summed E-state index contributed by atoms with van der Waals surface area (Å²) in [6.45, 7) is 6.72. The van der Waals surface area contributed by atoms with Gasteiger partial charge in [-0.1, -0.05) is 285 Å². The summed E-state index contributed by atoms with van der Waals surface area (Å²) in [5, 5.41) is 3.04. The molecular weight excluding hydrogens is 1060 g/mol. The molecule has 3 atom stereocenters. The normalized spacial score (nSPS) is 14.1. The highest BCUT2D eigenvalue weighted by molar-refractivity contribution is 7.45. The topological polar surface area (TPSA) is 114 Å². The zero-order valence-electron chi connectivity index (χ0n) is 55.6. The Morgan fingerprint density at radius 2 is 0.762 bits per heavy atom. The first-order chi connectivity index (χ1) is 40.9. The van der Waals surface area contributed by atoms with E-state index in [1.165, 1.54) is 167 Å². The van der Waals surface area contributed by atoms with Gasteiger partial charge in [0.2, 0.25) is 5.91 Å². The SMILES string of the molecule is CC/C=C\C/C=C\C/C=C\C/C=C\C/C=C\CCCCCCCCCC(=O)NC(COP(=O)([O-])OCC[N+](C)(C)C)C(/C=C/CCCCCCCCCCCC)OC(=O)CCCCCCCCCCCCCCC/C=C\C/C=C\CCCCC. The van der Waals surface area contributed by atoms with Crippen molar-refractivity contribution in [1.29, 1.82) is 0 Å². The average Bonchev–Trinajstić information content (AvgIpc) is 3.64. The number of hydrogen-bond donors (Lipinski definition) is 1. The lowest BCUT2D eigenvalue weighted by Gasteiger charge is -2.30. The fourth-order valence-electron chi connectivity index (χ4n) is 9.87. The Labute approximate surface area is 519 Å². The Hall–Kier alpha value is -3.07. The summed E-state index contributed by atoms with van der Waals surface area (Å²) >= 11 is 0. The molecular formula is C74H133N2O7P. The fourth-order valence-corrected chi connectivity index (χ4v) is 10.6. The fraction of sp³-hybridized carbons (Fsp3) is 0.757. The van der Waals surface area contributed by atoms with E-state index in [9.17, 15) is 19.0 Å². The molecule has 0 heterocycles. The van der Waals surface area contributed by atoms with Crippen LogP contribution >= 0.6 is 7.82 Å². The van der Waals surface area contributed by atoms with Crippen LogP contribution in [0.4, 0.5) is 0 Å². The van der Waals surface area contributed by atoms with Crippen molar-refractivity contribution in [2.24, 2.45) is 0 Å². The molecule has 0 aliphatic heterocycles. The van der Waals surface area contributed by atoms with Crippen molar-refractivity contribution in [2.75, 3.05) is 40.9 Å². The number of likely N-dealkylation sites (N-methyl/N-ethyl adjacent to an activating group) is 1. The highest BCUT2D eigenvalue weighted by atomic mass is 31.2. The summed E-state index contributed by atoms with van der Waals surface area (Å²) in [5.41, 5.74) is 0. The molecule has 0 aromatic rings. The molecule has 0 fully saturated rings. The number of quaternary nitrogens is 1. The number of rotatable bonds is 63. The Morgan fingerprint density at radius 3 is 1.17 bits per heavy atom. The molecule has 9 nitrogen and oxygen atoms in total. The van der Waals surface area contributed by atoms with E-state index in [-0.39, 0.29) is 24.9 Å². The van der Waals surface area contributed by atoms with E-state index in [2.05, 4.69) is 111 Å².